The lowest BCUT2D eigenvalue weighted by Crippen LogP contribution is -2.52. The van der Waals surface area contributed by atoms with Crippen molar-refractivity contribution in [3.8, 4) is 0 Å². The molecule has 28 heavy (non-hydrogen) atoms. The molecule has 2 aromatic carbocycles. The summed E-state index contributed by atoms with van der Waals surface area (Å²) in [4.78, 5) is 33.7. The Morgan fingerprint density at radius 2 is 2.18 bits per heavy atom. The van der Waals surface area contributed by atoms with Crippen molar-refractivity contribution >= 4 is 40.1 Å². The number of anilines is 1. The van der Waals surface area contributed by atoms with Crippen molar-refractivity contribution < 1.29 is 19.1 Å². The van der Waals surface area contributed by atoms with Gasteiger partial charge in [0.25, 0.3) is 11.8 Å². The first kappa shape index (κ1) is 18.4. The van der Waals surface area contributed by atoms with Crippen LogP contribution < -0.4 is 10.2 Å². The predicted molar refractivity (Wildman–Crippen MR) is 101 cm³/mol. The Bertz CT molecular complexity index is 1070. The molecular weight excluding hydrogens is 387 g/mol. The number of H-pyrrole nitrogens is 1. The van der Waals surface area contributed by atoms with Crippen LogP contribution in [-0.2, 0) is 16.1 Å². The van der Waals surface area contributed by atoms with Gasteiger partial charge in [-0.3, -0.25) is 9.59 Å². The van der Waals surface area contributed by atoms with Crippen LogP contribution in [-0.4, -0.2) is 39.0 Å². The van der Waals surface area contributed by atoms with Crippen LogP contribution in [0.25, 0.3) is 11.0 Å². The third kappa shape index (κ3) is 3.21. The van der Waals surface area contributed by atoms with E-state index in [9.17, 15) is 19.1 Å². The molecule has 1 saturated heterocycles. The molecule has 2 amide bonds. The van der Waals surface area contributed by atoms with Gasteiger partial charge in [-0.05, 0) is 42.0 Å². The van der Waals surface area contributed by atoms with Gasteiger partial charge in [0.1, 0.15) is 5.82 Å². The van der Waals surface area contributed by atoms with Crippen LogP contribution in [0.1, 0.15) is 12.0 Å². The summed E-state index contributed by atoms with van der Waals surface area (Å²) in [7, 11) is 0. The van der Waals surface area contributed by atoms with E-state index in [1.807, 2.05) is 0 Å². The molecule has 1 atom stereocenters. The molecule has 0 bridgehead atoms. The average molecular weight is 403 g/mol. The van der Waals surface area contributed by atoms with E-state index in [0.717, 1.165) is 11.6 Å². The number of aromatic nitrogens is 2. The number of carbonyl (C=O) groups excluding carboxylic acids is 2. The number of hydrogen-bond acceptors (Lipinski definition) is 4. The maximum Gasteiger partial charge on any atom is 0.268 e. The molecule has 2 heterocycles. The fraction of sp³-hybridized carbons (Fsp3) is 0.211. The zero-order chi connectivity index (χ0) is 19.9. The number of rotatable bonds is 4. The maximum absolute atomic E-state index is 13.4. The van der Waals surface area contributed by atoms with Crippen LogP contribution in [0.15, 0.2) is 42.7 Å². The van der Waals surface area contributed by atoms with Crippen LogP contribution in [0.4, 0.5) is 10.1 Å². The molecule has 3 N–H and O–H groups in total. The number of aromatic amines is 1. The summed E-state index contributed by atoms with van der Waals surface area (Å²) in [6.07, 6.45) is 1.49. The normalized spacial score (nSPS) is 19.4. The molecule has 4 rings (SSSR count). The second kappa shape index (κ2) is 6.88. The Balaban J connectivity index is 1.49. The number of carbonyl (C=O) groups is 2. The number of nitrogens with zero attached hydrogens (tertiary/aromatic N) is 2. The summed E-state index contributed by atoms with van der Waals surface area (Å²) >= 11 is 5.79. The van der Waals surface area contributed by atoms with Gasteiger partial charge in [0.05, 0.1) is 17.4 Å². The lowest BCUT2D eigenvalue weighted by atomic mass is 10.0. The quantitative estimate of drug-likeness (QED) is 0.582. The molecular formula is C19H16ClFN4O3. The van der Waals surface area contributed by atoms with E-state index in [0.29, 0.717) is 16.8 Å². The van der Waals surface area contributed by atoms with Crippen molar-refractivity contribution in [2.45, 2.75) is 18.6 Å². The third-order valence-electron chi connectivity index (χ3n) is 4.76. The monoisotopic (exact) mass is 402 g/mol. The van der Waals surface area contributed by atoms with Crippen LogP contribution in [0.3, 0.4) is 0 Å². The van der Waals surface area contributed by atoms with Crippen LogP contribution in [0.5, 0.6) is 0 Å². The molecule has 7 nitrogen and oxygen atoms in total. The highest BCUT2D eigenvalue weighted by atomic mass is 35.5. The van der Waals surface area contributed by atoms with Gasteiger partial charge >= 0.3 is 0 Å². The number of nitrogens with one attached hydrogen (secondary N) is 2. The molecule has 1 aromatic heterocycles. The first-order valence-corrected chi connectivity index (χ1v) is 8.95. The molecule has 0 unspecified atom stereocenters. The molecule has 0 saturated carbocycles. The number of hydrogen-bond donors (Lipinski definition) is 3. The van der Waals surface area contributed by atoms with Crippen LogP contribution >= 0.6 is 11.6 Å². The second-order valence-corrected chi connectivity index (χ2v) is 7.07. The van der Waals surface area contributed by atoms with Gasteiger partial charge in [0.2, 0.25) is 5.60 Å². The molecule has 1 aliphatic rings. The second-order valence-electron chi connectivity index (χ2n) is 6.63. The zero-order valence-electron chi connectivity index (χ0n) is 14.6. The van der Waals surface area contributed by atoms with E-state index in [2.05, 4.69) is 15.3 Å². The molecule has 0 aliphatic carbocycles. The fourth-order valence-electron chi connectivity index (χ4n) is 3.29. The van der Waals surface area contributed by atoms with Gasteiger partial charge in [-0.1, -0.05) is 11.6 Å². The van der Waals surface area contributed by atoms with E-state index >= 15 is 0 Å². The molecule has 0 radical (unpaired) electrons. The van der Waals surface area contributed by atoms with E-state index in [4.69, 9.17) is 11.6 Å². The Morgan fingerprint density at radius 1 is 1.36 bits per heavy atom. The minimum Gasteiger partial charge on any atom is -0.372 e. The minimum atomic E-state index is -2.18. The standard InChI is InChI=1S/C19H16ClFN4O3/c20-12-5-11(6-13(21)7-12)9-22-17(26)19(28)3-4-25(18(19)27)14-1-2-15-16(8-14)24-10-23-15/h1-2,5-8,10,28H,3-4,9H2,(H,22,26)(H,23,24)/t19-/m0/s1. The molecule has 1 aliphatic heterocycles. The van der Waals surface area contributed by atoms with E-state index in [1.54, 1.807) is 24.5 Å². The lowest BCUT2D eigenvalue weighted by molar-refractivity contribution is -0.149. The smallest absolute Gasteiger partial charge is 0.268 e. The fourth-order valence-corrected chi connectivity index (χ4v) is 3.54. The summed E-state index contributed by atoms with van der Waals surface area (Å²) in [6, 6.07) is 9.07. The number of benzene rings is 2. The van der Waals surface area contributed by atoms with Crippen molar-refractivity contribution in [2.75, 3.05) is 11.4 Å². The van der Waals surface area contributed by atoms with Crippen molar-refractivity contribution in [1.29, 1.82) is 0 Å². The maximum atomic E-state index is 13.4. The van der Waals surface area contributed by atoms with Crippen LogP contribution in [0.2, 0.25) is 5.02 Å². The highest BCUT2D eigenvalue weighted by Crippen LogP contribution is 2.30. The number of amides is 2. The van der Waals surface area contributed by atoms with Crippen molar-refractivity contribution in [1.82, 2.24) is 15.3 Å². The highest BCUT2D eigenvalue weighted by Gasteiger charge is 2.51. The number of halogens is 2. The molecule has 144 valence electrons. The summed E-state index contributed by atoms with van der Waals surface area (Å²) in [5.41, 5.74) is 0.279. The molecule has 1 fully saturated rings. The Labute approximate surface area is 164 Å². The first-order chi connectivity index (χ1) is 13.4. The van der Waals surface area contributed by atoms with Crippen molar-refractivity contribution in [2.24, 2.45) is 0 Å². The predicted octanol–water partition coefficient (Wildman–Crippen LogP) is 2.14. The van der Waals surface area contributed by atoms with Gasteiger partial charge < -0.3 is 20.3 Å². The Morgan fingerprint density at radius 3 is 2.96 bits per heavy atom. The van der Waals surface area contributed by atoms with Gasteiger partial charge in [-0.2, -0.15) is 0 Å². The van der Waals surface area contributed by atoms with Gasteiger partial charge in [0.15, 0.2) is 0 Å². The van der Waals surface area contributed by atoms with E-state index in [1.165, 1.54) is 17.0 Å². The molecule has 9 heteroatoms. The van der Waals surface area contributed by atoms with Crippen LogP contribution in [0, 0.1) is 5.82 Å². The minimum absolute atomic E-state index is 0.0554. The van der Waals surface area contributed by atoms with Crippen molar-refractivity contribution in [3.05, 3.63) is 59.1 Å². The van der Waals surface area contributed by atoms with Gasteiger partial charge in [-0.15, -0.1) is 0 Å². The number of aliphatic hydroxyl groups is 1. The summed E-state index contributed by atoms with van der Waals surface area (Å²) in [6.45, 7) is 0.121. The Kier molecular flexibility index (Phi) is 4.52. The molecule has 3 aromatic rings. The summed E-state index contributed by atoms with van der Waals surface area (Å²) in [5.74, 6) is -2.08. The molecule has 0 spiro atoms. The third-order valence-corrected chi connectivity index (χ3v) is 4.98. The van der Waals surface area contributed by atoms with E-state index < -0.39 is 23.2 Å². The topological polar surface area (TPSA) is 98.3 Å². The zero-order valence-corrected chi connectivity index (χ0v) is 15.3. The van der Waals surface area contributed by atoms with Gasteiger partial charge in [-0.25, -0.2) is 9.37 Å². The van der Waals surface area contributed by atoms with Crippen molar-refractivity contribution in [3.63, 3.8) is 0 Å². The summed E-state index contributed by atoms with van der Waals surface area (Å²) < 4.78 is 13.4. The summed E-state index contributed by atoms with van der Waals surface area (Å²) in [5, 5.41) is 13.4. The van der Waals surface area contributed by atoms with Gasteiger partial charge in [0, 0.05) is 30.2 Å². The lowest BCUT2D eigenvalue weighted by Gasteiger charge is -2.22. The Hall–Kier alpha value is -2.97. The number of fused-ring (bicyclic) bond motifs is 1. The highest BCUT2D eigenvalue weighted by molar-refractivity contribution is 6.30. The largest absolute Gasteiger partial charge is 0.372 e. The van der Waals surface area contributed by atoms with E-state index in [-0.39, 0.29) is 24.5 Å². The number of imidazole rings is 1. The SMILES string of the molecule is O=C(NCc1cc(F)cc(Cl)c1)[C@@]1(O)CCN(c2ccc3[nH]cnc3c2)C1=O. The first-order valence-electron chi connectivity index (χ1n) is 8.57. The average Bonchev–Trinajstić information content (AvgIpc) is 3.24.